The molecule has 10 rings (SSSR count). The van der Waals surface area contributed by atoms with Crippen LogP contribution in [-0.4, -0.2) is 14.2 Å². The third kappa shape index (κ3) is 5.99. The van der Waals surface area contributed by atoms with Crippen LogP contribution in [-0.2, 0) is 51.4 Å². The van der Waals surface area contributed by atoms with Gasteiger partial charge in [-0.15, -0.1) is 0 Å². The zero-order chi connectivity index (χ0) is 36.9. The quantitative estimate of drug-likeness (QED) is 0.162. The maximum atomic E-state index is 6.32. The Morgan fingerprint density at radius 2 is 0.727 bits per heavy atom. The molecule has 0 amide bonds. The van der Waals surface area contributed by atoms with Crippen LogP contribution in [0.2, 0.25) is 0 Å². The van der Waals surface area contributed by atoms with Crippen molar-refractivity contribution < 1.29 is 9.47 Å². The zero-order valence-electron chi connectivity index (χ0n) is 32.7. The summed E-state index contributed by atoms with van der Waals surface area (Å²) in [6.45, 7) is 0. The van der Waals surface area contributed by atoms with Gasteiger partial charge < -0.3 is 9.47 Å². The normalized spacial score (nSPS) is 16.1. The van der Waals surface area contributed by atoms with Gasteiger partial charge in [0.1, 0.15) is 11.5 Å². The number of methoxy groups -OCH3 is 2. The van der Waals surface area contributed by atoms with E-state index in [9.17, 15) is 0 Å². The van der Waals surface area contributed by atoms with Crippen molar-refractivity contribution in [2.45, 2.75) is 103 Å². The Balaban J connectivity index is 1.28. The minimum Gasteiger partial charge on any atom is -0.496 e. The topological polar surface area (TPSA) is 18.5 Å². The summed E-state index contributed by atoms with van der Waals surface area (Å²) in [5.41, 5.74) is 20.8. The largest absolute Gasteiger partial charge is 0.496 e. The third-order valence-corrected chi connectivity index (χ3v) is 16.0. The van der Waals surface area contributed by atoms with E-state index in [2.05, 4.69) is 91.0 Å². The van der Waals surface area contributed by atoms with Gasteiger partial charge in [0.25, 0.3) is 0 Å². The van der Waals surface area contributed by atoms with E-state index in [-0.39, 0.29) is 0 Å². The highest BCUT2D eigenvalue weighted by Crippen LogP contribution is 2.61. The van der Waals surface area contributed by atoms with E-state index < -0.39 is 7.53 Å². The fourth-order valence-corrected chi connectivity index (χ4v) is 13.5. The highest BCUT2D eigenvalue weighted by atomic mass is 31.1. The molecule has 4 aliphatic rings. The molecule has 1 heterocycles. The van der Waals surface area contributed by atoms with E-state index in [0.29, 0.717) is 0 Å². The van der Waals surface area contributed by atoms with Gasteiger partial charge in [0.15, 0.2) is 0 Å². The summed E-state index contributed by atoms with van der Waals surface area (Å²) in [7, 11) is 2.89. The lowest BCUT2D eigenvalue weighted by Gasteiger charge is -2.29. The van der Waals surface area contributed by atoms with Crippen molar-refractivity contribution in [3.05, 3.63) is 136 Å². The minimum atomic E-state index is -0.869. The number of aryl methyl sites for hydroxylation is 4. The summed E-state index contributed by atoms with van der Waals surface area (Å²) in [5, 5.41) is 4.37. The van der Waals surface area contributed by atoms with Gasteiger partial charge in [-0.25, -0.2) is 0 Å². The van der Waals surface area contributed by atoms with Gasteiger partial charge in [-0.1, -0.05) is 74.3 Å². The maximum Gasteiger partial charge on any atom is 0.127 e. The van der Waals surface area contributed by atoms with E-state index in [0.717, 1.165) is 62.9 Å². The molecule has 0 fully saturated rings. The van der Waals surface area contributed by atoms with E-state index in [1.54, 1.807) is 11.1 Å². The van der Waals surface area contributed by atoms with E-state index in [1.165, 1.54) is 134 Å². The molecular formula is C52H53O2P. The molecule has 0 saturated heterocycles. The Bertz CT molecular complexity index is 2270. The molecule has 278 valence electrons. The summed E-state index contributed by atoms with van der Waals surface area (Å²) >= 11 is 0. The van der Waals surface area contributed by atoms with Crippen molar-refractivity contribution in [1.82, 2.24) is 0 Å². The second-order valence-corrected chi connectivity index (χ2v) is 18.6. The number of fused-ring (bicyclic) bond motifs is 4. The Morgan fingerprint density at radius 3 is 1.13 bits per heavy atom. The first-order valence-electron chi connectivity index (χ1n) is 21.2. The monoisotopic (exact) mass is 740 g/mol. The van der Waals surface area contributed by atoms with Crippen LogP contribution in [0.1, 0.15) is 95.9 Å². The summed E-state index contributed by atoms with van der Waals surface area (Å²) in [4.78, 5) is 0. The fourth-order valence-electron chi connectivity index (χ4n) is 10.9. The molecule has 6 aromatic rings. The molecule has 0 bridgehead atoms. The molecule has 0 N–H and O–H groups in total. The van der Waals surface area contributed by atoms with Crippen LogP contribution in [0.15, 0.2) is 91.0 Å². The summed E-state index contributed by atoms with van der Waals surface area (Å²) in [5.74, 6) is 2.07. The van der Waals surface area contributed by atoms with Gasteiger partial charge in [0.05, 0.1) is 14.2 Å². The van der Waals surface area contributed by atoms with E-state index in [1.807, 2.05) is 14.2 Å². The van der Waals surface area contributed by atoms with Crippen molar-refractivity contribution in [1.29, 1.82) is 0 Å². The van der Waals surface area contributed by atoms with Crippen molar-refractivity contribution in [3.63, 3.8) is 0 Å². The molecule has 0 aliphatic heterocycles. The number of hydrogen-bond donors (Lipinski definition) is 0. The molecule has 0 atom stereocenters. The molecule has 3 heteroatoms. The first-order valence-corrected chi connectivity index (χ1v) is 22.5. The zero-order valence-corrected chi connectivity index (χ0v) is 33.6. The summed E-state index contributed by atoms with van der Waals surface area (Å²) in [6.07, 6.45) is 19.3. The molecule has 0 saturated carbocycles. The van der Waals surface area contributed by atoms with Crippen LogP contribution >= 0.6 is 7.53 Å². The average Bonchev–Trinajstić information content (AvgIpc) is 3.70. The van der Waals surface area contributed by atoms with Crippen LogP contribution in [0.4, 0.5) is 0 Å². The molecule has 5 aromatic carbocycles. The van der Waals surface area contributed by atoms with Gasteiger partial charge in [-0.2, -0.15) is 0 Å². The highest BCUT2D eigenvalue weighted by molar-refractivity contribution is 7.63. The molecule has 2 nitrogen and oxygen atoms in total. The predicted molar refractivity (Wildman–Crippen MR) is 232 cm³/mol. The molecular weight excluding hydrogens is 688 g/mol. The SMILES string of the molecule is COc1ccc2c(c1-c1c(-c3ccc(-c4ccc5c(c4-c4c(OC)ccc6c4CCCC6)CCCC5)p3-c3ccccc3)ccc3c1CCCC3)CCCC2. The summed E-state index contributed by atoms with van der Waals surface area (Å²) < 4.78 is 12.6. The van der Waals surface area contributed by atoms with Crippen LogP contribution in [0.5, 0.6) is 11.5 Å². The Kier molecular flexibility index (Phi) is 9.43. The average molecular weight is 741 g/mol. The van der Waals surface area contributed by atoms with Crippen LogP contribution in [0.25, 0.3) is 49.3 Å². The first kappa shape index (κ1) is 34.9. The second-order valence-electron chi connectivity index (χ2n) is 16.4. The van der Waals surface area contributed by atoms with Crippen molar-refractivity contribution in [2.75, 3.05) is 14.2 Å². The smallest absolute Gasteiger partial charge is 0.127 e. The van der Waals surface area contributed by atoms with Gasteiger partial charge in [-0.3, -0.25) is 0 Å². The first-order chi connectivity index (χ1) is 27.2. The van der Waals surface area contributed by atoms with Crippen molar-refractivity contribution >= 4 is 7.53 Å². The molecule has 0 radical (unpaired) electrons. The Morgan fingerprint density at radius 1 is 0.364 bits per heavy atom. The molecule has 55 heavy (non-hydrogen) atoms. The van der Waals surface area contributed by atoms with Gasteiger partial charge in [-0.05, 0) is 199 Å². The lowest BCUT2D eigenvalue weighted by Crippen LogP contribution is -2.10. The Labute approximate surface area is 329 Å². The number of ether oxygens (including phenoxy) is 2. The third-order valence-electron chi connectivity index (χ3n) is 13.4. The summed E-state index contributed by atoms with van der Waals surface area (Å²) in [6, 6.07) is 35.7. The standard InChI is InChI=1S/C52H53O2P/c1-53-45-30-26-36-16-8-12-22-41(36)51(45)49-39-20-10-6-14-34(39)24-28-43(49)47-32-33-48(55(47)38-18-4-3-5-19-38)44-29-25-35-15-7-11-21-40(35)50(44)52-42-23-13-9-17-37(42)27-31-46(52)54-2/h3-5,18-19,24-33H,6-17,20-23H2,1-2H3. The van der Waals surface area contributed by atoms with E-state index >= 15 is 0 Å². The van der Waals surface area contributed by atoms with Crippen LogP contribution < -0.4 is 9.47 Å². The molecule has 0 unspecified atom stereocenters. The number of hydrogen-bond acceptors (Lipinski definition) is 2. The van der Waals surface area contributed by atoms with Crippen molar-refractivity contribution in [3.8, 4) is 60.8 Å². The number of benzene rings is 5. The maximum absolute atomic E-state index is 6.32. The van der Waals surface area contributed by atoms with Gasteiger partial charge in [0, 0.05) is 21.7 Å². The van der Waals surface area contributed by atoms with Crippen molar-refractivity contribution in [2.24, 2.45) is 0 Å². The Hall–Kier alpha value is -4.52. The highest BCUT2D eigenvalue weighted by Gasteiger charge is 2.31. The molecule has 0 spiro atoms. The lowest BCUT2D eigenvalue weighted by atomic mass is 9.78. The second kappa shape index (κ2) is 14.9. The van der Waals surface area contributed by atoms with Crippen LogP contribution in [0.3, 0.4) is 0 Å². The predicted octanol–water partition coefficient (Wildman–Crippen LogP) is 13.9. The lowest BCUT2D eigenvalue weighted by molar-refractivity contribution is 0.415. The van der Waals surface area contributed by atoms with Gasteiger partial charge in [0.2, 0.25) is 0 Å². The molecule has 1 aromatic heterocycles. The van der Waals surface area contributed by atoms with E-state index in [4.69, 9.17) is 9.47 Å². The van der Waals surface area contributed by atoms with Gasteiger partial charge >= 0.3 is 0 Å². The molecule has 4 aliphatic carbocycles. The van der Waals surface area contributed by atoms with Crippen LogP contribution in [0, 0.1) is 0 Å². The fraction of sp³-hybridized carbons (Fsp3) is 0.346. The number of rotatable bonds is 7. The minimum absolute atomic E-state index is 0.869.